The number of amides is 1. The number of carbonyl (C=O) groups is 1. The first-order valence-corrected chi connectivity index (χ1v) is 9.04. The fourth-order valence-corrected chi connectivity index (χ4v) is 3.69. The second-order valence-corrected chi connectivity index (χ2v) is 7.03. The third kappa shape index (κ3) is 4.06. The fourth-order valence-electron chi connectivity index (χ4n) is 3.56. The van der Waals surface area contributed by atoms with Crippen LogP contribution in [0.3, 0.4) is 0 Å². The third-order valence-electron chi connectivity index (χ3n) is 5.13. The molecule has 0 spiro atoms. The van der Waals surface area contributed by atoms with Gasteiger partial charge >= 0.3 is 0 Å². The topological polar surface area (TPSA) is 35.6 Å². The molecule has 0 radical (unpaired) electrons. The van der Waals surface area contributed by atoms with E-state index in [0.29, 0.717) is 11.9 Å². The van der Waals surface area contributed by atoms with Crippen LogP contribution in [0.4, 0.5) is 0 Å². The lowest BCUT2D eigenvalue weighted by molar-refractivity contribution is -0.136. The average molecular weight is 336 g/mol. The van der Waals surface area contributed by atoms with Crippen molar-refractivity contribution in [2.75, 3.05) is 32.7 Å². The van der Waals surface area contributed by atoms with E-state index < -0.39 is 0 Å². The normalized spacial score (nSPS) is 24.4. The van der Waals surface area contributed by atoms with Gasteiger partial charge in [-0.05, 0) is 44.0 Å². The fraction of sp³-hybridized carbons (Fsp3) is 0.611. The second kappa shape index (κ2) is 7.65. The van der Waals surface area contributed by atoms with E-state index in [-0.39, 0.29) is 6.04 Å². The van der Waals surface area contributed by atoms with Crippen LogP contribution in [0.1, 0.15) is 37.8 Å². The van der Waals surface area contributed by atoms with E-state index in [1.165, 1.54) is 12.0 Å². The molecule has 0 saturated carbocycles. The molecule has 3 rings (SSSR count). The molecule has 1 amide bonds. The minimum absolute atomic E-state index is 0.0454. The Morgan fingerprint density at radius 1 is 1.17 bits per heavy atom. The molecule has 1 unspecified atom stereocenters. The van der Waals surface area contributed by atoms with Crippen LogP contribution in [0.2, 0.25) is 5.02 Å². The van der Waals surface area contributed by atoms with Crippen LogP contribution in [-0.4, -0.2) is 54.5 Å². The molecule has 126 valence electrons. The largest absolute Gasteiger partial charge is 0.339 e. The number of halogens is 1. The van der Waals surface area contributed by atoms with Crippen molar-refractivity contribution in [2.45, 2.75) is 38.3 Å². The number of rotatable bonds is 3. The first-order chi connectivity index (χ1) is 11.1. The first-order valence-electron chi connectivity index (χ1n) is 8.67. The van der Waals surface area contributed by atoms with Gasteiger partial charge in [0.15, 0.2) is 0 Å². The second-order valence-electron chi connectivity index (χ2n) is 6.59. The SMILES string of the molecule is CC(c1ccc(Cl)cc1)N1CCN(C(=O)[C@H]2CCCCN2)CC1. The zero-order chi connectivity index (χ0) is 16.2. The molecule has 0 aliphatic carbocycles. The van der Waals surface area contributed by atoms with Crippen molar-refractivity contribution in [2.24, 2.45) is 0 Å². The quantitative estimate of drug-likeness (QED) is 0.922. The molecule has 4 nitrogen and oxygen atoms in total. The molecule has 2 saturated heterocycles. The molecule has 0 aromatic heterocycles. The van der Waals surface area contributed by atoms with Crippen LogP contribution in [-0.2, 0) is 4.79 Å². The predicted molar refractivity (Wildman–Crippen MR) is 93.7 cm³/mol. The molecule has 2 fully saturated rings. The summed E-state index contributed by atoms with van der Waals surface area (Å²) < 4.78 is 0. The summed E-state index contributed by atoms with van der Waals surface area (Å²) in [6, 6.07) is 8.48. The van der Waals surface area contributed by atoms with Crippen LogP contribution in [0.15, 0.2) is 24.3 Å². The molecule has 2 aliphatic rings. The number of carbonyl (C=O) groups excluding carboxylic acids is 1. The molecule has 1 aromatic rings. The molecule has 5 heteroatoms. The van der Waals surface area contributed by atoms with Crippen molar-refractivity contribution in [3.63, 3.8) is 0 Å². The van der Waals surface area contributed by atoms with E-state index in [9.17, 15) is 4.79 Å². The standard InChI is InChI=1S/C18H26ClN3O/c1-14(15-5-7-16(19)8-6-15)21-10-12-22(13-11-21)18(23)17-4-2-3-9-20-17/h5-8,14,17,20H,2-4,9-13H2,1H3/t14?,17-/m1/s1. The maximum Gasteiger partial charge on any atom is 0.239 e. The maximum absolute atomic E-state index is 12.6. The van der Waals surface area contributed by atoms with Gasteiger partial charge in [0.05, 0.1) is 6.04 Å². The zero-order valence-electron chi connectivity index (χ0n) is 13.8. The van der Waals surface area contributed by atoms with Crippen LogP contribution in [0.25, 0.3) is 0 Å². The lowest BCUT2D eigenvalue weighted by atomic mass is 10.0. The number of piperidine rings is 1. The van der Waals surface area contributed by atoms with Gasteiger partial charge in [0.1, 0.15) is 0 Å². The summed E-state index contributed by atoms with van der Waals surface area (Å²) in [4.78, 5) is 17.0. The van der Waals surface area contributed by atoms with Crippen LogP contribution in [0.5, 0.6) is 0 Å². The van der Waals surface area contributed by atoms with Crippen LogP contribution >= 0.6 is 11.6 Å². The van der Waals surface area contributed by atoms with E-state index in [1.807, 2.05) is 17.0 Å². The molecular weight excluding hydrogens is 310 g/mol. The van der Waals surface area contributed by atoms with Crippen molar-refractivity contribution >= 4 is 17.5 Å². The number of nitrogens with one attached hydrogen (secondary N) is 1. The van der Waals surface area contributed by atoms with Gasteiger partial charge in [0, 0.05) is 37.2 Å². The highest BCUT2D eigenvalue weighted by atomic mass is 35.5. The Labute approximate surface area is 143 Å². The summed E-state index contributed by atoms with van der Waals surface area (Å²) in [5, 5.41) is 4.14. The summed E-state index contributed by atoms with van der Waals surface area (Å²) in [5.74, 6) is 0.295. The summed E-state index contributed by atoms with van der Waals surface area (Å²) in [6.45, 7) is 6.72. The van der Waals surface area contributed by atoms with Gasteiger partial charge < -0.3 is 10.2 Å². The Bertz CT molecular complexity index is 520. The zero-order valence-corrected chi connectivity index (χ0v) is 14.6. The molecule has 2 heterocycles. The number of benzene rings is 1. The highest BCUT2D eigenvalue weighted by Crippen LogP contribution is 2.23. The Morgan fingerprint density at radius 3 is 2.48 bits per heavy atom. The van der Waals surface area contributed by atoms with Gasteiger partial charge in [-0.3, -0.25) is 9.69 Å². The van der Waals surface area contributed by atoms with Crippen molar-refractivity contribution in [3.8, 4) is 0 Å². The number of hydrogen-bond donors (Lipinski definition) is 1. The minimum atomic E-state index is 0.0454. The van der Waals surface area contributed by atoms with Gasteiger partial charge in [0.25, 0.3) is 0 Å². The Morgan fingerprint density at radius 2 is 1.87 bits per heavy atom. The Hall–Kier alpha value is -1.10. The van der Waals surface area contributed by atoms with E-state index in [0.717, 1.165) is 50.6 Å². The number of hydrogen-bond acceptors (Lipinski definition) is 3. The van der Waals surface area contributed by atoms with Crippen molar-refractivity contribution in [1.82, 2.24) is 15.1 Å². The Balaban J connectivity index is 1.53. The number of piperazine rings is 1. The lowest BCUT2D eigenvalue weighted by Gasteiger charge is -2.40. The first kappa shape index (κ1) is 16.7. The van der Waals surface area contributed by atoms with Crippen LogP contribution in [0, 0.1) is 0 Å². The maximum atomic E-state index is 12.6. The van der Waals surface area contributed by atoms with Gasteiger partial charge in [-0.15, -0.1) is 0 Å². The van der Waals surface area contributed by atoms with Crippen molar-refractivity contribution < 1.29 is 4.79 Å². The summed E-state index contributed by atoms with van der Waals surface area (Å²) in [6.07, 6.45) is 3.34. The summed E-state index contributed by atoms with van der Waals surface area (Å²) in [5.41, 5.74) is 1.28. The molecule has 1 aromatic carbocycles. The molecular formula is C18H26ClN3O. The predicted octanol–water partition coefficient (Wildman–Crippen LogP) is 2.69. The summed E-state index contributed by atoms with van der Waals surface area (Å²) in [7, 11) is 0. The van der Waals surface area contributed by atoms with Gasteiger partial charge in [-0.25, -0.2) is 0 Å². The van der Waals surface area contributed by atoms with E-state index in [2.05, 4.69) is 29.3 Å². The Kier molecular flexibility index (Phi) is 5.57. The van der Waals surface area contributed by atoms with E-state index >= 15 is 0 Å². The average Bonchev–Trinajstić information content (AvgIpc) is 2.62. The smallest absolute Gasteiger partial charge is 0.239 e. The monoisotopic (exact) mass is 335 g/mol. The van der Waals surface area contributed by atoms with Crippen molar-refractivity contribution in [1.29, 1.82) is 0 Å². The minimum Gasteiger partial charge on any atom is -0.339 e. The van der Waals surface area contributed by atoms with Gasteiger partial charge in [-0.2, -0.15) is 0 Å². The van der Waals surface area contributed by atoms with Crippen LogP contribution < -0.4 is 5.32 Å². The molecule has 23 heavy (non-hydrogen) atoms. The van der Waals surface area contributed by atoms with Crippen molar-refractivity contribution in [3.05, 3.63) is 34.9 Å². The lowest BCUT2D eigenvalue weighted by Crippen LogP contribution is -2.55. The number of nitrogens with zero attached hydrogens (tertiary/aromatic N) is 2. The highest BCUT2D eigenvalue weighted by molar-refractivity contribution is 6.30. The third-order valence-corrected chi connectivity index (χ3v) is 5.39. The molecule has 1 N–H and O–H groups in total. The molecule has 2 atom stereocenters. The van der Waals surface area contributed by atoms with E-state index in [4.69, 9.17) is 11.6 Å². The van der Waals surface area contributed by atoms with Gasteiger partial charge in [-0.1, -0.05) is 30.2 Å². The summed E-state index contributed by atoms with van der Waals surface area (Å²) >= 11 is 5.97. The van der Waals surface area contributed by atoms with E-state index in [1.54, 1.807) is 0 Å². The molecule has 0 bridgehead atoms. The molecule has 2 aliphatic heterocycles. The highest BCUT2D eigenvalue weighted by Gasteiger charge is 2.29. The van der Waals surface area contributed by atoms with Gasteiger partial charge in [0.2, 0.25) is 5.91 Å².